The lowest BCUT2D eigenvalue weighted by Crippen LogP contribution is -2.53. The van der Waals surface area contributed by atoms with Gasteiger partial charge in [-0.3, -0.25) is 4.79 Å². The molecule has 0 radical (unpaired) electrons. The molecule has 126 valence electrons. The molecule has 0 saturated heterocycles. The molecular formula is C18H31ClN2O. The number of amides is 1. The van der Waals surface area contributed by atoms with E-state index < -0.39 is 5.41 Å². The predicted octanol–water partition coefficient (Wildman–Crippen LogP) is 3.80. The number of halogens is 1. The van der Waals surface area contributed by atoms with Crippen LogP contribution in [0.15, 0.2) is 30.3 Å². The van der Waals surface area contributed by atoms with Crippen molar-refractivity contribution in [1.82, 2.24) is 5.32 Å². The molecule has 0 heterocycles. The van der Waals surface area contributed by atoms with Crippen LogP contribution in [0, 0.1) is 0 Å². The fraction of sp³-hybridized carbons (Fsp3) is 0.611. The number of nitrogens with one attached hydrogen (secondary N) is 1. The maximum absolute atomic E-state index is 12.8. The molecule has 0 fully saturated rings. The Balaban J connectivity index is 0.00000441. The van der Waals surface area contributed by atoms with Crippen LogP contribution in [-0.2, 0) is 10.2 Å². The van der Waals surface area contributed by atoms with Crippen LogP contribution in [0.2, 0.25) is 0 Å². The molecule has 0 spiro atoms. The Morgan fingerprint density at radius 1 is 1.00 bits per heavy atom. The number of benzene rings is 1. The number of carbonyl (C=O) groups is 1. The topological polar surface area (TPSA) is 55.1 Å². The molecule has 4 heteroatoms. The molecule has 3 nitrogen and oxygen atoms in total. The molecule has 0 bridgehead atoms. The first-order chi connectivity index (χ1) is 9.98. The molecule has 1 aromatic carbocycles. The van der Waals surface area contributed by atoms with Crippen LogP contribution < -0.4 is 11.1 Å². The highest BCUT2D eigenvalue weighted by molar-refractivity contribution is 5.88. The lowest BCUT2D eigenvalue weighted by Gasteiger charge is -2.34. The molecule has 0 aliphatic carbocycles. The van der Waals surface area contributed by atoms with Gasteiger partial charge in [-0.15, -0.1) is 12.4 Å². The van der Waals surface area contributed by atoms with Crippen molar-refractivity contribution in [1.29, 1.82) is 0 Å². The number of carbonyl (C=O) groups excluding carboxylic acids is 1. The molecule has 1 amide bonds. The average molecular weight is 327 g/mol. The second-order valence-corrected chi connectivity index (χ2v) is 5.91. The third-order valence-corrected chi connectivity index (χ3v) is 4.98. The number of hydrogen-bond donors (Lipinski definition) is 2. The molecule has 0 saturated carbocycles. The number of rotatable bonds is 8. The Hall–Kier alpha value is -1.06. The highest BCUT2D eigenvalue weighted by Crippen LogP contribution is 2.32. The quantitative estimate of drug-likeness (QED) is 0.763. The summed E-state index contributed by atoms with van der Waals surface area (Å²) in [7, 11) is 0. The minimum atomic E-state index is -0.455. The van der Waals surface area contributed by atoms with Gasteiger partial charge < -0.3 is 11.1 Å². The third kappa shape index (κ3) is 4.47. The van der Waals surface area contributed by atoms with Crippen molar-refractivity contribution >= 4 is 18.3 Å². The highest BCUT2D eigenvalue weighted by Gasteiger charge is 2.37. The van der Waals surface area contributed by atoms with E-state index in [9.17, 15) is 4.79 Å². The maximum atomic E-state index is 12.8. The van der Waals surface area contributed by atoms with Crippen molar-refractivity contribution in [2.45, 2.75) is 64.3 Å². The van der Waals surface area contributed by atoms with E-state index in [0.717, 1.165) is 31.2 Å². The zero-order valence-electron chi connectivity index (χ0n) is 14.3. The van der Waals surface area contributed by atoms with Crippen molar-refractivity contribution in [2.24, 2.45) is 5.73 Å². The second kappa shape index (κ2) is 9.16. The summed E-state index contributed by atoms with van der Waals surface area (Å²) in [5, 5.41) is 3.10. The molecule has 1 aromatic rings. The largest absolute Gasteiger partial charge is 0.353 e. The Kier molecular flexibility index (Phi) is 8.72. The monoisotopic (exact) mass is 326 g/mol. The molecule has 22 heavy (non-hydrogen) atoms. The molecule has 0 aromatic heterocycles. The Labute approximate surface area is 141 Å². The first-order valence-corrected chi connectivity index (χ1v) is 8.10. The molecule has 0 aliphatic rings. The molecular weight excluding hydrogens is 296 g/mol. The predicted molar refractivity (Wildman–Crippen MR) is 96.5 cm³/mol. The van der Waals surface area contributed by atoms with Gasteiger partial charge in [0.1, 0.15) is 0 Å². The van der Waals surface area contributed by atoms with Gasteiger partial charge in [0, 0.05) is 12.1 Å². The number of hydrogen-bond acceptors (Lipinski definition) is 2. The second-order valence-electron chi connectivity index (χ2n) is 5.91. The smallest absolute Gasteiger partial charge is 0.230 e. The summed E-state index contributed by atoms with van der Waals surface area (Å²) >= 11 is 0. The summed E-state index contributed by atoms with van der Waals surface area (Å²) in [6.45, 7) is 8.82. The van der Waals surface area contributed by atoms with Gasteiger partial charge in [-0.05, 0) is 31.2 Å². The fourth-order valence-electron chi connectivity index (χ4n) is 2.79. The van der Waals surface area contributed by atoms with Crippen LogP contribution in [-0.4, -0.2) is 18.0 Å². The molecule has 0 aliphatic heterocycles. The van der Waals surface area contributed by atoms with E-state index in [1.54, 1.807) is 0 Å². The highest BCUT2D eigenvalue weighted by atomic mass is 35.5. The van der Waals surface area contributed by atoms with E-state index in [1.807, 2.05) is 30.3 Å². The molecule has 3 N–H and O–H groups in total. The maximum Gasteiger partial charge on any atom is 0.230 e. The van der Waals surface area contributed by atoms with Crippen molar-refractivity contribution in [3.8, 4) is 0 Å². The lowest BCUT2D eigenvalue weighted by atomic mass is 9.75. The molecule has 0 atom stereocenters. The molecule has 1 rings (SSSR count). The summed E-state index contributed by atoms with van der Waals surface area (Å²) in [5.74, 6) is 0.0930. The fourth-order valence-corrected chi connectivity index (χ4v) is 2.79. The van der Waals surface area contributed by atoms with Gasteiger partial charge in [0.05, 0.1) is 5.41 Å². The minimum Gasteiger partial charge on any atom is -0.353 e. The summed E-state index contributed by atoms with van der Waals surface area (Å²) in [5.41, 5.74) is 6.62. The lowest BCUT2D eigenvalue weighted by molar-refractivity contribution is -0.127. The Bertz CT molecular complexity index is 440. The van der Waals surface area contributed by atoms with E-state index >= 15 is 0 Å². The van der Waals surface area contributed by atoms with Gasteiger partial charge in [-0.2, -0.15) is 0 Å². The summed E-state index contributed by atoms with van der Waals surface area (Å²) in [6.07, 6.45) is 3.30. The van der Waals surface area contributed by atoms with E-state index in [1.165, 1.54) is 0 Å². The summed E-state index contributed by atoms with van der Waals surface area (Å²) in [6, 6.07) is 10.1. The van der Waals surface area contributed by atoms with Gasteiger partial charge in [0.2, 0.25) is 5.91 Å². The first kappa shape index (κ1) is 20.9. The van der Waals surface area contributed by atoms with Crippen LogP contribution in [0.1, 0.15) is 58.9 Å². The van der Waals surface area contributed by atoms with Gasteiger partial charge in [0.15, 0.2) is 0 Å². The summed E-state index contributed by atoms with van der Waals surface area (Å²) < 4.78 is 0. The molecule has 0 unspecified atom stereocenters. The van der Waals surface area contributed by atoms with Gasteiger partial charge in [-0.1, -0.05) is 58.0 Å². The zero-order valence-corrected chi connectivity index (χ0v) is 15.1. The van der Waals surface area contributed by atoms with E-state index in [0.29, 0.717) is 6.54 Å². The van der Waals surface area contributed by atoms with Crippen LogP contribution in [0.3, 0.4) is 0 Å². The van der Waals surface area contributed by atoms with Crippen LogP contribution in [0.4, 0.5) is 0 Å². The van der Waals surface area contributed by atoms with Gasteiger partial charge in [-0.25, -0.2) is 0 Å². The zero-order chi connectivity index (χ0) is 15.9. The van der Waals surface area contributed by atoms with E-state index in [4.69, 9.17) is 5.73 Å². The van der Waals surface area contributed by atoms with Crippen LogP contribution >= 0.6 is 12.4 Å². The van der Waals surface area contributed by atoms with Gasteiger partial charge in [0.25, 0.3) is 0 Å². The Morgan fingerprint density at radius 3 is 1.91 bits per heavy atom. The minimum absolute atomic E-state index is 0. The average Bonchev–Trinajstić information content (AvgIpc) is 2.55. The van der Waals surface area contributed by atoms with Gasteiger partial charge >= 0.3 is 0 Å². The first-order valence-electron chi connectivity index (χ1n) is 8.10. The van der Waals surface area contributed by atoms with E-state index in [-0.39, 0.29) is 23.9 Å². The summed E-state index contributed by atoms with van der Waals surface area (Å²) in [4.78, 5) is 12.8. The van der Waals surface area contributed by atoms with Crippen LogP contribution in [0.25, 0.3) is 0 Å². The van der Waals surface area contributed by atoms with E-state index in [2.05, 4.69) is 33.0 Å². The van der Waals surface area contributed by atoms with Crippen LogP contribution in [0.5, 0.6) is 0 Å². The Morgan fingerprint density at radius 2 is 1.50 bits per heavy atom. The third-order valence-electron chi connectivity index (χ3n) is 4.98. The van der Waals surface area contributed by atoms with Crippen molar-refractivity contribution in [3.05, 3.63) is 35.9 Å². The normalized spacial score (nSPS) is 11.7. The SMILES string of the molecule is CCC(N)(CC)CNC(=O)C(CC)(CC)c1ccccc1.Cl. The van der Waals surface area contributed by atoms with Crippen molar-refractivity contribution < 1.29 is 4.79 Å². The van der Waals surface area contributed by atoms with Crippen molar-refractivity contribution in [2.75, 3.05) is 6.54 Å². The number of nitrogens with two attached hydrogens (primary N) is 1. The van der Waals surface area contributed by atoms with Crippen molar-refractivity contribution in [3.63, 3.8) is 0 Å². The standard InChI is InChI=1S/C18H30N2O.ClH/c1-5-17(19,6-2)14-20-16(21)18(7-3,8-4)15-12-10-9-11-13-15;/h9-13H,5-8,14,19H2,1-4H3,(H,20,21);1H.